The minimum Gasteiger partial charge on any atom is -0.355 e. The first kappa shape index (κ1) is 19.4. The summed E-state index contributed by atoms with van der Waals surface area (Å²) < 4.78 is 28.6. The van der Waals surface area contributed by atoms with Gasteiger partial charge in [0.2, 0.25) is 5.91 Å². The Morgan fingerprint density at radius 2 is 1.82 bits per heavy atom. The molecule has 8 heteroatoms. The maximum Gasteiger partial charge on any atom is 0.285 e. The number of fused-ring (bicyclic) bond motifs is 1. The summed E-state index contributed by atoms with van der Waals surface area (Å²) in [6.45, 7) is 2.97. The lowest BCUT2D eigenvalue weighted by atomic mass is 9.93. The fourth-order valence-electron chi connectivity index (χ4n) is 4.49. The molecule has 1 aromatic rings. The van der Waals surface area contributed by atoms with Gasteiger partial charge in [-0.1, -0.05) is 12.1 Å². The van der Waals surface area contributed by atoms with Crippen molar-refractivity contribution in [1.29, 1.82) is 0 Å². The number of amides is 1. The van der Waals surface area contributed by atoms with Crippen molar-refractivity contribution in [2.24, 2.45) is 10.3 Å². The molecule has 4 rings (SSSR count). The number of nitrogens with zero attached hydrogens (tertiary/aromatic N) is 4. The summed E-state index contributed by atoms with van der Waals surface area (Å²) in [4.78, 5) is 19.6. The van der Waals surface area contributed by atoms with E-state index in [1.807, 2.05) is 21.9 Å². The highest BCUT2D eigenvalue weighted by atomic mass is 32.2. The van der Waals surface area contributed by atoms with Crippen LogP contribution in [0, 0.1) is 5.92 Å². The first-order valence-corrected chi connectivity index (χ1v) is 11.5. The molecule has 2 saturated heterocycles. The Labute approximate surface area is 167 Å². The van der Waals surface area contributed by atoms with E-state index in [4.69, 9.17) is 0 Å². The van der Waals surface area contributed by atoms with Crippen molar-refractivity contribution in [1.82, 2.24) is 14.7 Å². The molecule has 1 unspecified atom stereocenters. The van der Waals surface area contributed by atoms with E-state index in [0.717, 1.165) is 38.8 Å². The second kappa shape index (κ2) is 7.48. The molecule has 0 saturated carbocycles. The summed E-state index contributed by atoms with van der Waals surface area (Å²) in [5.74, 6) is 0.811. The summed E-state index contributed by atoms with van der Waals surface area (Å²) in [7, 11) is 0.551. The van der Waals surface area contributed by atoms with Crippen molar-refractivity contribution in [3.63, 3.8) is 0 Å². The summed E-state index contributed by atoms with van der Waals surface area (Å²) in [5, 5.41) is 0. The summed E-state index contributed by atoms with van der Waals surface area (Å²) >= 11 is 0. The lowest BCUT2D eigenvalue weighted by molar-refractivity contribution is -0.138. The lowest BCUT2D eigenvalue weighted by Gasteiger charge is -2.39. The molecule has 3 aliphatic heterocycles. The topological polar surface area (TPSA) is 73.3 Å². The van der Waals surface area contributed by atoms with Crippen molar-refractivity contribution in [2.75, 3.05) is 40.3 Å². The van der Waals surface area contributed by atoms with Crippen LogP contribution < -0.4 is 0 Å². The van der Waals surface area contributed by atoms with E-state index < -0.39 is 10.0 Å². The molecule has 0 N–H and O–H groups in total. The van der Waals surface area contributed by atoms with Crippen molar-refractivity contribution in [3.8, 4) is 0 Å². The molecule has 152 valence electrons. The number of hydrogen-bond acceptors (Lipinski definition) is 5. The van der Waals surface area contributed by atoms with Gasteiger partial charge in [0.15, 0.2) is 5.84 Å². The Morgan fingerprint density at radius 3 is 2.54 bits per heavy atom. The average molecular weight is 405 g/mol. The molecular weight excluding hydrogens is 376 g/mol. The lowest BCUT2D eigenvalue weighted by Crippen LogP contribution is -2.51. The maximum atomic E-state index is 13.0. The van der Waals surface area contributed by atoms with Crippen LogP contribution in [-0.4, -0.2) is 81.2 Å². The zero-order valence-corrected chi connectivity index (χ0v) is 17.4. The van der Waals surface area contributed by atoms with Crippen molar-refractivity contribution in [3.05, 3.63) is 29.8 Å². The molecule has 28 heavy (non-hydrogen) atoms. The van der Waals surface area contributed by atoms with Gasteiger partial charge in [-0.25, -0.2) is 0 Å². The maximum absolute atomic E-state index is 13.0. The van der Waals surface area contributed by atoms with Crippen molar-refractivity contribution >= 4 is 21.8 Å². The van der Waals surface area contributed by atoms with Crippen molar-refractivity contribution in [2.45, 2.75) is 36.6 Å². The van der Waals surface area contributed by atoms with Crippen LogP contribution in [0.3, 0.4) is 0 Å². The molecule has 0 spiro atoms. The highest BCUT2D eigenvalue weighted by Crippen LogP contribution is 2.30. The number of hydrogen-bond donors (Lipinski definition) is 0. The number of rotatable bonds is 2. The summed E-state index contributed by atoms with van der Waals surface area (Å²) in [5.41, 5.74) is 0.678. The van der Waals surface area contributed by atoms with Crippen LogP contribution in [0.15, 0.2) is 33.6 Å². The van der Waals surface area contributed by atoms with E-state index in [2.05, 4.69) is 23.4 Å². The molecule has 0 bridgehead atoms. The average Bonchev–Trinajstić information content (AvgIpc) is 2.99. The van der Waals surface area contributed by atoms with Crippen LogP contribution in [-0.2, 0) is 14.8 Å². The van der Waals surface area contributed by atoms with E-state index >= 15 is 0 Å². The van der Waals surface area contributed by atoms with E-state index in [1.165, 1.54) is 0 Å². The van der Waals surface area contributed by atoms with E-state index in [-0.39, 0.29) is 16.7 Å². The fraction of sp³-hybridized carbons (Fsp3) is 0.600. The first-order chi connectivity index (χ1) is 13.4. The van der Waals surface area contributed by atoms with Gasteiger partial charge in [-0.15, -0.1) is 4.40 Å². The molecule has 2 fully saturated rings. The number of carbonyl (C=O) groups is 1. The number of sulfonamides is 1. The minimum atomic E-state index is -3.60. The van der Waals surface area contributed by atoms with E-state index in [1.54, 1.807) is 12.1 Å². The van der Waals surface area contributed by atoms with Gasteiger partial charge in [-0.3, -0.25) is 4.79 Å². The van der Waals surface area contributed by atoms with Gasteiger partial charge in [-0.2, -0.15) is 8.42 Å². The third kappa shape index (κ3) is 3.55. The van der Waals surface area contributed by atoms with Crippen LogP contribution in [0.2, 0.25) is 0 Å². The molecule has 3 aliphatic rings. The first-order valence-electron chi connectivity index (χ1n) is 10.0. The fourth-order valence-corrected chi connectivity index (χ4v) is 5.72. The second-order valence-electron chi connectivity index (χ2n) is 8.19. The van der Waals surface area contributed by atoms with Crippen LogP contribution in [0.25, 0.3) is 0 Å². The molecule has 0 radical (unpaired) electrons. The zero-order chi connectivity index (χ0) is 19.9. The van der Waals surface area contributed by atoms with Crippen molar-refractivity contribution < 1.29 is 13.2 Å². The van der Waals surface area contributed by atoms with Crippen LogP contribution >= 0.6 is 0 Å². The standard InChI is InChI=1S/C20H28N4O3S/c1-22(2)16-6-5-11-24(14-16)20(25)15-9-12-23(13-10-15)19-17-7-3-4-8-18(17)28(26,27)21-19/h3-4,7-8,15-16H,5-6,9-14H2,1-2H3. The predicted octanol–water partition coefficient (Wildman–Crippen LogP) is 1.40. The number of likely N-dealkylation sites (tertiary alicyclic amines) is 2. The molecule has 0 aliphatic carbocycles. The smallest absolute Gasteiger partial charge is 0.285 e. The van der Waals surface area contributed by atoms with E-state index in [0.29, 0.717) is 30.5 Å². The van der Waals surface area contributed by atoms with Gasteiger partial charge in [0.25, 0.3) is 10.0 Å². The molecule has 7 nitrogen and oxygen atoms in total. The predicted molar refractivity (Wildman–Crippen MR) is 108 cm³/mol. The Balaban J connectivity index is 1.41. The van der Waals surface area contributed by atoms with Gasteiger partial charge in [0.1, 0.15) is 4.90 Å². The van der Waals surface area contributed by atoms with Gasteiger partial charge < -0.3 is 14.7 Å². The Bertz CT molecular complexity index is 888. The Hall–Kier alpha value is -1.93. The van der Waals surface area contributed by atoms with E-state index in [9.17, 15) is 13.2 Å². The highest BCUT2D eigenvalue weighted by Gasteiger charge is 2.36. The SMILES string of the molecule is CN(C)C1CCCN(C(=O)C2CCN(C3=NS(=O)(=O)c4ccccc43)CC2)C1. The summed E-state index contributed by atoms with van der Waals surface area (Å²) in [6, 6.07) is 7.41. The molecule has 1 amide bonds. The summed E-state index contributed by atoms with van der Waals surface area (Å²) in [6.07, 6.45) is 3.67. The molecule has 1 aromatic carbocycles. The third-order valence-electron chi connectivity index (χ3n) is 6.19. The Morgan fingerprint density at radius 1 is 1.11 bits per heavy atom. The molecule has 0 aromatic heterocycles. The molecule has 3 heterocycles. The van der Waals surface area contributed by atoms with Gasteiger partial charge >= 0.3 is 0 Å². The molecule has 1 atom stereocenters. The zero-order valence-electron chi connectivity index (χ0n) is 16.5. The van der Waals surface area contributed by atoms with Gasteiger partial charge in [0.05, 0.1) is 0 Å². The highest BCUT2D eigenvalue weighted by molar-refractivity contribution is 7.90. The normalized spacial score (nSPS) is 25.0. The largest absolute Gasteiger partial charge is 0.355 e. The van der Waals surface area contributed by atoms with Gasteiger partial charge in [-0.05, 0) is 51.9 Å². The number of amidine groups is 1. The minimum absolute atomic E-state index is 0.0195. The monoisotopic (exact) mass is 404 g/mol. The quantitative estimate of drug-likeness (QED) is 0.745. The number of piperidine rings is 2. The Kier molecular flexibility index (Phi) is 5.18. The number of likely N-dealkylation sites (N-methyl/N-ethyl adjacent to an activating group) is 1. The molecular formula is C20H28N4O3S. The second-order valence-corrected chi connectivity index (χ2v) is 9.76. The van der Waals surface area contributed by atoms with Gasteiger partial charge in [0, 0.05) is 43.7 Å². The third-order valence-corrected chi connectivity index (χ3v) is 7.52. The van der Waals surface area contributed by atoms with Crippen LogP contribution in [0.5, 0.6) is 0 Å². The van der Waals surface area contributed by atoms with Crippen LogP contribution in [0.4, 0.5) is 0 Å². The number of benzene rings is 1. The number of carbonyl (C=O) groups excluding carboxylic acids is 1. The van der Waals surface area contributed by atoms with Crippen LogP contribution in [0.1, 0.15) is 31.2 Å².